The summed E-state index contributed by atoms with van der Waals surface area (Å²) >= 11 is 3.18. The van der Waals surface area contributed by atoms with Gasteiger partial charge < -0.3 is 5.11 Å². The molecule has 9 heteroatoms. The second-order valence-electron chi connectivity index (χ2n) is 4.77. The van der Waals surface area contributed by atoms with E-state index in [1.165, 1.54) is 24.3 Å². The first-order valence-corrected chi connectivity index (χ1v) is 8.90. The lowest BCUT2D eigenvalue weighted by molar-refractivity contribution is -0.136. The zero-order valence-electron chi connectivity index (χ0n) is 12.1. The van der Waals surface area contributed by atoms with Crippen molar-refractivity contribution < 1.29 is 27.1 Å². The number of aliphatic carboxylic acids is 1. The van der Waals surface area contributed by atoms with Crippen molar-refractivity contribution in [3.05, 3.63) is 58.6 Å². The smallest absolute Gasteiger partial charge is 0.305 e. The summed E-state index contributed by atoms with van der Waals surface area (Å²) in [5.41, 5.74) is -0.416. The van der Waals surface area contributed by atoms with Crippen molar-refractivity contribution >= 4 is 37.6 Å². The number of hydrogen-bond donors (Lipinski definition) is 1. The Morgan fingerprint density at radius 3 is 2.29 bits per heavy atom. The van der Waals surface area contributed by atoms with Crippen LogP contribution in [0.1, 0.15) is 6.42 Å². The largest absolute Gasteiger partial charge is 0.481 e. The van der Waals surface area contributed by atoms with Gasteiger partial charge in [-0.2, -0.15) is 0 Å². The van der Waals surface area contributed by atoms with Crippen molar-refractivity contribution in [1.82, 2.24) is 0 Å². The molecule has 2 aromatic rings. The lowest BCUT2D eigenvalue weighted by Gasteiger charge is -2.24. The van der Waals surface area contributed by atoms with Crippen LogP contribution in [0.25, 0.3) is 0 Å². The van der Waals surface area contributed by atoms with Gasteiger partial charge in [-0.3, -0.25) is 9.10 Å². The van der Waals surface area contributed by atoms with Crippen LogP contribution in [0, 0.1) is 11.6 Å². The standard InChI is InChI=1S/C15H12BrF2NO4S/c16-10-1-4-12(5-2-10)24(22,23)19(8-7-15(20)21)14-6-3-11(17)9-13(14)18/h1-6,9H,7-8H2,(H,20,21). The fraction of sp³-hybridized carbons (Fsp3) is 0.133. The summed E-state index contributed by atoms with van der Waals surface area (Å²) in [6.45, 7) is -0.490. The summed E-state index contributed by atoms with van der Waals surface area (Å²) in [4.78, 5) is 10.7. The molecule has 1 N–H and O–H groups in total. The van der Waals surface area contributed by atoms with Gasteiger partial charge in [-0.25, -0.2) is 17.2 Å². The average Bonchev–Trinajstić information content (AvgIpc) is 2.49. The quantitative estimate of drug-likeness (QED) is 0.778. The fourth-order valence-electron chi connectivity index (χ4n) is 1.98. The van der Waals surface area contributed by atoms with Crippen LogP contribution < -0.4 is 4.31 Å². The number of halogens is 3. The molecule has 0 saturated heterocycles. The van der Waals surface area contributed by atoms with Crippen molar-refractivity contribution in [3.8, 4) is 0 Å². The highest BCUT2D eigenvalue weighted by molar-refractivity contribution is 9.10. The van der Waals surface area contributed by atoms with Gasteiger partial charge in [-0.1, -0.05) is 15.9 Å². The number of anilines is 1. The van der Waals surface area contributed by atoms with Gasteiger partial charge in [0.2, 0.25) is 0 Å². The minimum Gasteiger partial charge on any atom is -0.481 e. The Bertz CT molecular complexity index is 856. The molecule has 0 saturated carbocycles. The van der Waals surface area contributed by atoms with E-state index in [1.807, 2.05) is 0 Å². The summed E-state index contributed by atoms with van der Waals surface area (Å²) in [6, 6.07) is 7.99. The predicted molar refractivity (Wildman–Crippen MR) is 87.3 cm³/mol. The topological polar surface area (TPSA) is 74.7 Å². The summed E-state index contributed by atoms with van der Waals surface area (Å²) in [7, 11) is -4.22. The number of nitrogens with zero attached hydrogens (tertiary/aromatic N) is 1. The van der Waals surface area contributed by atoms with Crippen LogP contribution in [0.15, 0.2) is 51.8 Å². The third-order valence-corrected chi connectivity index (χ3v) is 5.46. The van der Waals surface area contributed by atoms with Crippen molar-refractivity contribution in [1.29, 1.82) is 0 Å². The van der Waals surface area contributed by atoms with Gasteiger partial charge in [0.05, 0.1) is 17.0 Å². The number of carbonyl (C=O) groups is 1. The molecular weight excluding hydrogens is 408 g/mol. The summed E-state index contributed by atoms with van der Waals surface area (Å²) < 4.78 is 53.9. The van der Waals surface area contributed by atoms with Gasteiger partial charge in [-0.15, -0.1) is 0 Å². The first-order valence-electron chi connectivity index (χ1n) is 6.67. The average molecular weight is 420 g/mol. The van der Waals surface area contributed by atoms with Gasteiger partial charge >= 0.3 is 5.97 Å². The van der Waals surface area contributed by atoms with Crippen LogP contribution in [0.5, 0.6) is 0 Å². The van der Waals surface area contributed by atoms with Gasteiger partial charge in [-0.05, 0) is 36.4 Å². The maximum absolute atomic E-state index is 14.0. The second kappa shape index (κ2) is 7.27. The molecule has 0 atom stereocenters. The highest BCUT2D eigenvalue weighted by Gasteiger charge is 2.27. The molecule has 0 aromatic heterocycles. The van der Waals surface area contributed by atoms with Crippen LogP contribution >= 0.6 is 15.9 Å². The molecule has 2 rings (SSSR count). The monoisotopic (exact) mass is 419 g/mol. The highest BCUT2D eigenvalue weighted by atomic mass is 79.9. The van der Waals surface area contributed by atoms with Crippen molar-refractivity contribution in [2.24, 2.45) is 0 Å². The Morgan fingerprint density at radius 1 is 1.12 bits per heavy atom. The van der Waals surface area contributed by atoms with E-state index in [0.717, 1.165) is 12.1 Å². The van der Waals surface area contributed by atoms with Crippen LogP contribution in [-0.4, -0.2) is 26.0 Å². The molecule has 128 valence electrons. The normalized spacial score (nSPS) is 11.3. The van der Waals surface area contributed by atoms with E-state index in [0.29, 0.717) is 14.8 Å². The summed E-state index contributed by atoms with van der Waals surface area (Å²) in [5, 5.41) is 8.81. The molecule has 0 aliphatic carbocycles. The first-order chi connectivity index (χ1) is 11.2. The first kappa shape index (κ1) is 18.3. The van der Waals surface area contributed by atoms with Gasteiger partial charge in [0.25, 0.3) is 10.0 Å². The van der Waals surface area contributed by atoms with E-state index in [1.54, 1.807) is 0 Å². The molecule has 0 amide bonds. The van der Waals surface area contributed by atoms with E-state index < -0.39 is 46.3 Å². The van der Waals surface area contributed by atoms with E-state index in [9.17, 15) is 22.0 Å². The molecule has 2 aromatic carbocycles. The minimum absolute atomic E-state index is 0.139. The summed E-state index contributed by atoms with van der Waals surface area (Å²) in [5.74, 6) is -3.20. The number of benzene rings is 2. The molecule has 0 heterocycles. The SMILES string of the molecule is O=C(O)CCN(c1ccc(F)cc1F)S(=O)(=O)c1ccc(Br)cc1. The zero-order valence-corrected chi connectivity index (χ0v) is 14.5. The van der Waals surface area contributed by atoms with E-state index in [-0.39, 0.29) is 4.90 Å². The molecule has 0 spiro atoms. The lowest BCUT2D eigenvalue weighted by Crippen LogP contribution is -2.33. The minimum atomic E-state index is -4.22. The van der Waals surface area contributed by atoms with E-state index in [4.69, 9.17) is 5.11 Å². The van der Waals surface area contributed by atoms with Crippen LogP contribution in [-0.2, 0) is 14.8 Å². The van der Waals surface area contributed by atoms with Crippen molar-refractivity contribution in [2.45, 2.75) is 11.3 Å². The van der Waals surface area contributed by atoms with Crippen molar-refractivity contribution in [3.63, 3.8) is 0 Å². The maximum atomic E-state index is 14.0. The van der Waals surface area contributed by atoms with Crippen molar-refractivity contribution in [2.75, 3.05) is 10.8 Å². The Balaban J connectivity index is 2.52. The molecular formula is C15H12BrF2NO4S. The molecule has 24 heavy (non-hydrogen) atoms. The molecule has 0 fully saturated rings. The van der Waals surface area contributed by atoms with Gasteiger partial charge in [0.1, 0.15) is 11.6 Å². The fourth-order valence-corrected chi connectivity index (χ4v) is 3.72. The summed E-state index contributed by atoms with van der Waals surface area (Å²) in [6.07, 6.45) is -0.535. The number of rotatable bonds is 6. The number of sulfonamides is 1. The zero-order chi connectivity index (χ0) is 17.9. The molecule has 0 aliphatic rings. The highest BCUT2D eigenvalue weighted by Crippen LogP contribution is 2.27. The van der Waals surface area contributed by atoms with Crippen LogP contribution in [0.4, 0.5) is 14.5 Å². The lowest BCUT2D eigenvalue weighted by atomic mass is 10.3. The molecule has 0 radical (unpaired) electrons. The van der Waals surface area contributed by atoms with Crippen LogP contribution in [0.2, 0.25) is 0 Å². The third-order valence-electron chi connectivity index (χ3n) is 3.11. The van der Waals surface area contributed by atoms with Crippen LogP contribution in [0.3, 0.4) is 0 Å². The Labute approximate surface area is 145 Å². The van der Waals surface area contributed by atoms with E-state index >= 15 is 0 Å². The molecule has 0 unspecified atom stereocenters. The molecule has 0 aliphatic heterocycles. The number of carboxylic acid groups (broad SMARTS) is 1. The molecule has 0 bridgehead atoms. The maximum Gasteiger partial charge on any atom is 0.305 e. The second-order valence-corrected chi connectivity index (χ2v) is 7.55. The Kier molecular flexibility index (Phi) is 5.55. The Hall–Kier alpha value is -2.00. The van der Waals surface area contributed by atoms with Gasteiger partial charge in [0, 0.05) is 17.1 Å². The Morgan fingerprint density at radius 2 is 1.75 bits per heavy atom. The molecule has 5 nitrogen and oxygen atoms in total. The third kappa shape index (κ3) is 4.09. The predicted octanol–water partition coefficient (Wildman–Crippen LogP) is 3.40. The van der Waals surface area contributed by atoms with Gasteiger partial charge in [0.15, 0.2) is 0 Å². The van der Waals surface area contributed by atoms with E-state index in [2.05, 4.69) is 15.9 Å². The number of carboxylic acids is 1. The number of hydrogen-bond acceptors (Lipinski definition) is 3.